The van der Waals surface area contributed by atoms with E-state index in [-0.39, 0.29) is 37.0 Å². The molecule has 9 nitrogen and oxygen atoms in total. The number of hydrogen-bond acceptors (Lipinski definition) is 7. The molecule has 0 spiro atoms. The Kier molecular flexibility index (Phi) is 5.28. The minimum Gasteiger partial charge on any atom is -0.346 e. The lowest BCUT2D eigenvalue weighted by atomic mass is 9.88. The van der Waals surface area contributed by atoms with Gasteiger partial charge in [-0.15, -0.1) is 0 Å². The van der Waals surface area contributed by atoms with Crippen LogP contribution < -0.4 is 21.8 Å². The smallest absolute Gasteiger partial charge is 0.233 e. The van der Waals surface area contributed by atoms with Gasteiger partial charge in [0.05, 0.1) is 30.1 Å². The zero-order chi connectivity index (χ0) is 19.8. The summed E-state index contributed by atoms with van der Waals surface area (Å²) in [6.45, 7) is 1.06. The van der Waals surface area contributed by atoms with E-state index in [4.69, 9.17) is 5.73 Å². The van der Waals surface area contributed by atoms with Gasteiger partial charge < -0.3 is 16.0 Å². The third-order valence-electron chi connectivity index (χ3n) is 5.84. The number of fused-ring (bicyclic) bond motifs is 1. The Hall–Kier alpha value is -2.14. The largest absolute Gasteiger partial charge is 0.346 e. The summed E-state index contributed by atoms with van der Waals surface area (Å²) in [5.74, 6) is -0.713. The fraction of sp³-hybridized carbons (Fsp3) is 0.611. The van der Waals surface area contributed by atoms with Crippen LogP contribution in [-0.2, 0) is 9.59 Å². The molecule has 0 aromatic carbocycles. The average Bonchev–Trinajstić information content (AvgIpc) is 2.99. The van der Waals surface area contributed by atoms with Crippen molar-refractivity contribution in [3.05, 3.63) is 24.0 Å². The fourth-order valence-electron chi connectivity index (χ4n) is 4.27. The topological polar surface area (TPSA) is 116 Å². The van der Waals surface area contributed by atoms with Gasteiger partial charge in [0.2, 0.25) is 11.8 Å². The number of nitrogens with one attached hydrogen (secondary N) is 3. The van der Waals surface area contributed by atoms with Crippen molar-refractivity contribution < 1.29 is 14.0 Å². The van der Waals surface area contributed by atoms with Crippen LogP contribution in [0.25, 0.3) is 0 Å². The second-order valence-electron chi connectivity index (χ2n) is 7.74. The molecule has 1 aromatic heterocycles. The van der Waals surface area contributed by atoms with Crippen molar-refractivity contribution in [2.45, 2.75) is 37.3 Å². The molecule has 3 aliphatic heterocycles. The molecular weight excluding hydrogens is 365 g/mol. The molecule has 5 N–H and O–H groups in total. The Labute approximate surface area is 162 Å². The Morgan fingerprint density at radius 2 is 2.29 bits per heavy atom. The van der Waals surface area contributed by atoms with Crippen LogP contribution in [0.5, 0.6) is 0 Å². The lowest BCUT2D eigenvalue weighted by Crippen LogP contribution is -2.58. The van der Waals surface area contributed by atoms with Gasteiger partial charge in [-0.1, -0.05) is 0 Å². The van der Waals surface area contributed by atoms with Gasteiger partial charge >= 0.3 is 0 Å². The molecule has 3 saturated heterocycles. The highest BCUT2D eigenvalue weighted by Crippen LogP contribution is 2.33. The van der Waals surface area contributed by atoms with Crippen LogP contribution in [-0.4, -0.2) is 71.9 Å². The molecule has 3 fully saturated rings. The average molecular weight is 391 g/mol. The molecule has 0 aliphatic carbocycles. The van der Waals surface area contributed by atoms with Crippen molar-refractivity contribution in [2.24, 2.45) is 11.7 Å². The van der Waals surface area contributed by atoms with Crippen LogP contribution in [0, 0.1) is 5.92 Å². The molecule has 1 aromatic rings. The van der Waals surface area contributed by atoms with Gasteiger partial charge in [-0.2, -0.15) is 0 Å². The van der Waals surface area contributed by atoms with Gasteiger partial charge in [-0.3, -0.25) is 19.9 Å². The third-order valence-corrected chi connectivity index (χ3v) is 5.84. The van der Waals surface area contributed by atoms with Crippen LogP contribution in [0.2, 0.25) is 0 Å². The maximum atomic E-state index is 13.6. The number of rotatable bonds is 3. The van der Waals surface area contributed by atoms with Gasteiger partial charge in [0.25, 0.3) is 0 Å². The summed E-state index contributed by atoms with van der Waals surface area (Å²) < 4.78 is 13.6. The number of nitrogens with two attached hydrogens (primary N) is 1. The van der Waals surface area contributed by atoms with Crippen molar-refractivity contribution in [1.82, 2.24) is 25.6 Å². The number of piperidine rings is 1. The van der Waals surface area contributed by atoms with Crippen molar-refractivity contribution in [2.75, 3.05) is 32.0 Å². The summed E-state index contributed by atoms with van der Waals surface area (Å²) in [7, 11) is 1.80. The number of carbonyl (C=O) groups is 2. The van der Waals surface area contributed by atoms with Crippen LogP contribution in [0.4, 0.5) is 10.1 Å². The maximum Gasteiger partial charge on any atom is 0.233 e. The van der Waals surface area contributed by atoms with Crippen LogP contribution in [0.3, 0.4) is 0 Å². The first-order valence-electron chi connectivity index (χ1n) is 9.58. The molecule has 152 valence electrons. The highest BCUT2D eigenvalue weighted by atomic mass is 19.1. The number of nitrogens with zero attached hydrogens (tertiary/aromatic N) is 3. The summed E-state index contributed by atoms with van der Waals surface area (Å²) in [6.07, 6.45) is 2.51. The number of hydrazine groups is 1. The first kappa shape index (κ1) is 19.2. The molecule has 5 atom stereocenters. The normalized spacial score (nSPS) is 33.6. The highest BCUT2D eigenvalue weighted by molar-refractivity contribution is 5.94. The van der Waals surface area contributed by atoms with Crippen molar-refractivity contribution in [3.8, 4) is 0 Å². The van der Waals surface area contributed by atoms with E-state index in [1.807, 2.05) is 6.07 Å². The molecule has 2 amide bonds. The van der Waals surface area contributed by atoms with Gasteiger partial charge in [0.1, 0.15) is 6.17 Å². The SMILES string of the molecule is CN1CCC(c2ccncc2NC(=O)C2C(N)NN3CC(F)CNC23)CC1=O. The Balaban J connectivity index is 1.50. The second-order valence-corrected chi connectivity index (χ2v) is 7.74. The minimum atomic E-state index is -1.01. The number of amides is 2. The maximum absolute atomic E-state index is 13.6. The van der Waals surface area contributed by atoms with Crippen LogP contribution in [0.15, 0.2) is 18.5 Å². The Morgan fingerprint density at radius 3 is 3.07 bits per heavy atom. The van der Waals surface area contributed by atoms with E-state index < -0.39 is 18.3 Å². The van der Waals surface area contributed by atoms with E-state index in [0.717, 1.165) is 12.0 Å². The third kappa shape index (κ3) is 3.60. The minimum absolute atomic E-state index is 0.0361. The van der Waals surface area contributed by atoms with Gasteiger partial charge in [0.15, 0.2) is 0 Å². The summed E-state index contributed by atoms with van der Waals surface area (Å²) in [6, 6.07) is 1.85. The Morgan fingerprint density at radius 1 is 1.46 bits per heavy atom. The molecule has 0 radical (unpaired) electrons. The molecule has 5 unspecified atom stereocenters. The van der Waals surface area contributed by atoms with E-state index in [1.54, 1.807) is 29.4 Å². The van der Waals surface area contributed by atoms with E-state index in [1.165, 1.54) is 0 Å². The second kappa shape index (κ2) is 7.70. The van der Waals surface area contributed by atoms with Gasteiger partial charge in [-0.05, 0) is 24.0 Å². The number of anilines is 1. The number of likely N-dealkylation sites (tertiary alicyclic amines) is 1. The molecule has 4 heterocycles. The first-order chi connectivity index (χ1) is 13.4. The predicted octanol–water partition coefficient (Wildman–Crippen LogP) is -0.655. The first-order valence-corrected chi connectivity index (χ1v) is 9.58. The summed E-state index contributed by atoms with van der Waals surface area (Å²) in [5, 5.41) is 7.65. The highest BCUT2D eigenvalue weighted by Gasteiger charge is 2.47. The van der Waals surface area contributed by atoms with E-state index >= 15 is 0 Å². The van der Waals surface area contributed by atoms with E-state index in [9.17, 15) is 14.0 Å². The molecule has 10 heteroatoms. The zero-order valence-corrected chi connectivity index (χ0v) is 15.8. The van der Waals surface area contributed by atoms with E-state index in [0.29, 0.717) is 18.7 Å². The summed E-state index contributed by atoms with van der Waals surface area (Å²) in [5.41, 5.74) is 10.6. The number of halogens is 1. The Bertz CT molecular complexity index is 763. The number of alkyl halides is 1. The molecule has 28 heavy (non-hydrogen) atoms. The predicted molar refractivity (Wildman–Crippen MR) is 100 cm³/mol. The van der Waals surface area contributed by atoms with Gasteiger partial charge in [0, 0.05) is 39.3 Å². The number of hydrogen-bond donors (Lipinski definition) is 4. The number of carbonyl (C=O) groups excluding carboxylic acids is 2. The zero-order valence-electron chi connectivity index (χ0n) is 15.8. The summed E-state index contributed by atoms with van der Waals surface area (Å²) >= 11 is 0. The standard InChI is InChI=1S/C18H26FN7O2/c1-25-5-3-10(6-14(25)27)12-2-4-21-8-13(12)23-18(28)15-16(20)24-26-9-11(19)7-22-17(15)26/h2,4,8,10-11,15-17,22,24H,3,5-7,9,20H2,1H3,(H,23,28). The van der Waals surface area contributed by atoms with E-state index in [2.05, 4.69) is 21.0 Å². The number of pyridine rings is 1. The molecule has 0 saturated carbocycles. The van der Waals surface area contributed by atoms with Crippen molar-refractivity contribution in [3.63, 3.8) is 0 Å². The van der Waals surface area contributed by atoms with Crippen molar-refractivity contribution in [1.29, 1.82) is 0 Å². The molecule has 3 aliphatic rings. The molecule has 0 bridgehead atoms. The quantitative estimate of drug-likeness (QED) is 0.541. The fourth-order valence-corrected chi connectivity index (χ4v) is 4.27. The van der Waals surface area contributed by atoms with Crippen molar-refractivity contribution >= 4 is 17.5 Å². The van der Waals surface area contributed by atoms with Crippen LogP contribution in [0.1, 0.15) is 24.3 Å². The lowest BCUT2D eigenvalue weighted by Gasteiger charge is -2.33. The van der Waals surface area contributed by atoms with Gasteiger partial charge in [-0.25, -0.2) is 14.8 Å². The lowest BCUT2D eigenvalue weighted by molar-refractivity contribution is -0.132. The monoisotopic (exact) mass is 391 g/mol. The summed E-state index contributed by atoms with van der Waals surface area (Å²) in [4.78, 5) is 31.0. The van der Waals surface area contributed by atoms with Crippen LogP contribution >= 0.6 is 0 Å². The molecular formula is C18H26FN7O2. The molecule has 4 rings (SSSR count). The number of aromatic nitrogens is 1.